The second-order valence-electron chi connectivity index (χ2n) is 0.981. The van der Waals surface area contributed by atoms with Crippen molar-refractivity contribution in [2.75, 3.05) is 6.16 Å². The SMILES string of the molecule is CCP(=O)(O)O.[Na+].[OH-]. The Morgan fingerprint density at radius 1 is 1.50 bits per heavy atom. The van der Waals surface area contributed by atoms with Crippen LogP contribution < -0.4 is 29.6 Å². The van der Waals surface area contributed by atoms with Crippen molar-refractivity contribution in [1.82, 2.24) is 0 Å². The molecule has 0 heterocycles. The fourth-order valence-corrected chi connectivity index (χ4v) is 0. The summed E-state index contributed by atoms with van der Waals surface area (Å²) in [5.41, 5.74) is 0. The number of hydrogen-bond acceptors (Lipinski definition) is 2. The van der Waals surface area contributed by atoms with Gasteiger partial charge in [-0.25, -0.2) is 0 Å². The van der Waals surface area contributed by atoms with E-state index in [1.807, 2.05) is 0 Å². The van der Waals surface area contributed by atoms with Crippen molar-refractivity contribution in [3.05, 3.63) is 0 Å². The molecule has 0 atom stereocenters. The number of rotatable bonds is 1. The van der Waals surface area contributed by atoms with E-state index in [2.05, 4.69) is 0 Å². The fourth-order valence-electron chi connectivity index (χ4n) is 0. The van der Waals surface area contributed by atoms with Gasteiger partial charge in [-0.15, -0.1) is 0 Å². The van der Waals surface area contributed by atoms with Gasteiger partial charge in [0.2, 0.25) is 0 Å². The second kappa shape index (κ2) is 6.23. The van der Waals surface area contributed by atoms with E-state index in [-0.39, 0.29) is 41.2 Å². The molecule has 0 radical (unpaired) electrons. The molecule has 0 bridgehead atoms. The normalized spacial score (nSPS) is 8.88. The van der Waals surface area contributed by atoms with E-state index >= 15 is 0 Å². The maximum atomic E-state index is 9.69. The molecular weight excluding hydrogens is 142 g/mol. The smallest absolute Gasteiger partial charge is 0.870 e. The summed E-state index contributed by atoms with van der Waals surface area (Å²) in [6.45, 7) is 1.45. The summed E-state index contributed by atoms with van der Waals surface area (Å²) in [7, 11) is -3.65. The maximum absolute atomic E-state index is 9.69. The first kappa shape index (κ1) is 16.1. The van der Waals surface area contributed by atoms with Gasteiger partial charge in [-0.1, -0.05) is 6.92 Å². The van der Waals surface area contributed by atoms with Crippen LogP contribution in [0.25, 0.3) is 0 Å². The maximum Gasteiger partial charge on any atom is 1.00 e. The summed E-state index contributed by atoms with van der Waals surface area (Å²) in [6.07, 6.45) is -0.0625. The Morgan fingerprint density at radius 3 is 1.62 bits per heavy atom. The molecule has 0 amide bonds. The van der Waals surface area contributed by atoms with E-state index in [0.29, 0.717) is 0 Å². The van der Waals surface area contributed by atoms with E-state index < -0.39 is 7.60 Å². The van der Waals surface area contributed by atoms with Gasteiger partial charge < -0.3 is 15.3 Å². The molecular formula is C2H8NaO4P. The molecule has 0 aromatic rings. The topological polar surface area (TPSA) is 87.5 Å². The third kappa shape index (κ3) is 15.7. The zero-order chi connectivity index (χ0) is 5.21. The van der Waals surface area contributed by atoms with Crippen LogP contribution in [0.2, 0.25) is 0 Å². The van der Waals surface area contributed by atoms with Crippen LogP contribution in [-0.2, 0) is 4.57 Å². The van der Waals surface area contributed by atoms with Crippen molar-refractivity contribution in [1.29, 1.82) is 0 Å². The van der Waals surface area contributed by atoms with Gasteiger partial charge in [0.1, 0.15) is 0 Å². The minimum atomic E-state index is -3.65. The Balaban J connectivity index is -0.000000125. The van der Waals surface area contributed by atoms with Gasteiger partial charge in [0.05, 0.1) is 0 Å². The molecule has 46 valence electrons. The van der Waals surface area contributed by atoms with Gasteiger partial charge in [0.25, 0.3) is 0 Å². The van der Waals surface area contributed by atoms with Crippen molar-refractivity contribution < 1.29 is 49.4 Å². The molecule has 0 rings (SSSR count). The van der Waals surface area contributed by atoms with Crippen LogP contribution >= 0.6 is 7.60 Å². The molecule has 0 unspecified atom stereocenters. The van der Waals surface area contributed by atoms with Crippen LogP contribution in [0, 0.1) is 0 Å². The molecule has 3 N–H and O–H groups in total. The third-order valence-electron chi connectivity index (χ3n) is 0.412. The fraction of sp³-hybridized carbons (Fsp3) is 1.00. The molecule has 6 heteroatoms. The standard InChI is InChI=1S/C2H7O3P.Na.H2O/c1-2-6(3,4)5;;/h2H2,1H3,(H2,3,4,5);;1H2/q;+1;/p-1. The van der Waals surface area contributed by atoms with E-state index in [9.17, 15) is 4.57 Å². The van der Waals surface area contributed by atoms with Gasteiger partial charge in [0.15, 0.2) is 0 Å². The Hall–Kier alpha value is 1.11. The first-order valence-electron chi connectivity index (χ1n) is 1.61. The zero-order valence-corrected chi connectivity index (χ0v) is 7.80. The summed E-state index contributed by atoms with van der Waals surface area (Å²) in [5.74, 6) is 0. The molecule has 0 saturated heterocycles. The van der Waals surface area contributed by atoms with Gasteiger partial charge in [0, 0.05) is 6.16 Å². The van der Waals surface area contributed by atoms with Crippen LogP contribution in [0.3, 0.4) is 0 Å². The first-order chi connectivity index (χ1) is 2.56. The Kier molecular flexibility index (Phi) is 12.5. The Labute approximate surface area is 70.0 Å². The molecule has 0 aliphatic carbocycles. The molecule has 0 fully saturated rings. The van der Waals surface area contributed by atoms with Crippen LogP contribution in [0.1, 0.15) is 6.92 Å². The first-order valence-corrected chi connectivity index (χ1v) is 3.40. The van der Waals surface area contributed by atoms with E-state index in [1.165, 1.54) is 6.92 Å². The van der Waals surface area contributed by atoms with Gasteiger partial charge in [-0.2, -0.15) is 0 Å². The molecule has 0 aromatic heterocycles. The van der Waals surface area contributed by atoms with Crippen LogP contribution in [0.15, 0.2) is 0 Å². The van der Waals surface area contributed by atoms with Crippen LogP contribution in [0.5, 0.6) is 0 Å². The predicted octanol–water partition coefficient (Wildman–Crippen LogP) is -2.99. The van der Waals surface area contributed by atoms with Crippen molar-refractivity contribution in [3.63, 3.8) is 0 Å². The molecule has 4 nitrogen and oxygen atoms in total. The summed E-state index contributed by atoms with van der Waals surface area (Å²) in [4.78, 5) is 15.9. The summed E-state index contributed by atoms with van der Waals surface area (Å²) in [6, 6.07) is 0. The largest absolute Gasteiger partial charge is 1.00 e. The molecule has 0 spiro atoms. The van der Waals surface area contributed by atoms with E-state index in [1.54, 1.807) is 0 Å². The Morgan fingerprint density at radius 2 is 1.62 bits per heavy atom. The molecule has 0 aromatic carbocycles. The summed E-state index contributed by atoms with van der Waals surface area (Å²) < 4.78 is 9.69. The van der Waals surface area contributed by atoms with Gasteiger partial charge in [-0.3, -0.25) is 4.57 Å². The average molecular weight is 150 g/mol. The van der Waals surface area contributed by atoms with Crippen molar-refractivity contribution in [2.45, 2.75) is 6.92 Å². The van der Waals surface area contributed by atoms with Crippen molar-refractivity contribution in [3.8, 4) is 0 Å². The Bertz CT molecular complexity index is 78.1. The number of hydrogen-bond donors (Lipinski definition) is 2. The van der Waals surface area contributed by atoms with Gasteiger partial charge >= 0.3 is 37.2 Å². The molecule has 8 heavy (non-hydrogen) atoms. The second-order valence-corrected chi connectivity index (χ2v) is 2.94. The predicted molar refractivity (Wildman–Crippen MR) is 24.5 cm³/mol. The van der Waals surface area contributed by atoms with Crippen LogP contribution in [-0.4, -0.2) is 21.4 Å². The summed E-state index contributed by atoms with van der Waals surface area (Å²) in [5, 5.41) is 0. The summed E-state index contributed by atoms with van der Waals surface area (Å²) >= 11 is 0. The third-order valence-corrected chi connectivity index (χ3v) is 1.24. The molecule has 0 saturated carbocycles. The minimum Gasteiger partial charge on any atom is -0.870 e. The van der Waals surface area contributed by atoms with Gasteiger partial charge in [-0.05, 0) is 0 Å². The monoisotopic (exact) mass is 150 g/mol. The van der Waals surface area contributed by atoms with Crippen LogP contribution in [0.4, 0.5) is 0 Å². The minimum absolute atomic E-state index is 0. The molecule has 0 aliphatic rings. The quantitative estimate of drug-likeness (QED) is 0.308. The van der Waals surface area contributed by atoms with E-state index in [4.69, 9.17) is 9.79 Å². The zero-order valence-electron chi connectivity index (χ0n) is 4.90. The van der Waals surface area contributed by atoms with Crippen molar-refractivity contribution >= 4 is 7.60 Å². The van der Waals surface area contributed by atoms with E-state index in [0.717, 1.165) is 0 Å². The van der Waals surface area contributed by atoms with Crippen molar-refractivity contribution in [2.24, 2.45) is 0 Å². The average Bonchev–Trinajstić information content (AvgIpc) is 1.35. The molecule has 0 aliphatic heterocycles.